The molecule has 0 N–H and O–H groups in total. The Labute approximate surface area is 133 Å². The summed E-state index contributed by atoms with van der Waals surface area (Å²) in [4.78, 5) is 9.01. The lowest BCUT2D eigenvalue weighted by atomic mass is 10.3. The van der Waals surface area contributed by atoms with Crippen molar-refractivity contribution in [3.05, 3.63) is 47.3 Å². The minimum absolute atomic E-state index is 0.545. The first-order valence-corrected chi connectivity index (χ1v) is 7.77. The molecular weight excluding hydrogens is 307 g/mol. The monoisotopic (exact) mass is 322 g/mol. The summed E-state index contributed by atoms with van der Waals surface area (Å²) < 4.78 is 4.23. The molecular formula is C15H16Cl2N4. The smallest absolute Gasteiger partial charge is 0.111 e. The van der Waals surface area contributed by atoms with Gasteiger partial charge in [-0.1, -0.05) is 17.7 Å². The number of nitrogens with zero attached hydrogens (tertiary/aromatic N) is 4. The van der Waals surface area contributed by atoms with Crippen molar-refractivity contribution in [2.45, 2.75) is 19.4 Å². The summed E-state index contributed by atoms with van der Waals surface area (Å²) in [6, 6.07) is 5.86. The Balaban J connectivity index is 1.97. The minimum atomic E-state index is 0.545. The quantitative estimate of drug-likeness (QED) is 0.674. The average Bonchev–Trinajstić information content (AvgIpc) is 3.02. The number of aromatic nitrogens is 4. The number of halogens is 2. The van der Waals surface area contributed by atoms with Crippen LogP contribution in [0.3, 0.4) is 0 Å². The van der Waals surface area contributed by atoms with Crippen molar-refractivity contribution in [1.82, 2.24) is 19.1 Å². The fraction of sp³-hybridized carbons (Fsp3) is 0.333. The van der Waals surface area contributed by atoms with Crippen molar-refractivity contribution in [2.24, 2.45) is 7.05 Å². The molecule has 0 radical (unpaired) electrons. The third kappa shape index (κ3) is 2.78. The summed E-state index contributed by atoms with van der Waals surface area (Å²) in [6.45, 7) is 0.813. The van der Waals surface area contributed by atoms with Gasteiger partial charge in [0, 0.05) is 44.7 Å². The van der Waals surface area contributed by atoms with E-state index in [4.69, 9.17) is 23.2 Å². The lowest BCUT2D eigenvalue weighted by Gasteiger charge is -2.08. The van der Waals surface area contributed by atoms with Gasteiger partial charge in [0.1, 0.15) is 17.2 Å². The van der Waals surface area contributed by atoms with Crippen LogP contribution in [-0.4, -0.2) is 25.0 Å². The number of hydrogen-bond donors (Lipinski definition) is 0. The highest BCUT2D eigenvalue weighted by molar-refractivity contribution is 6.34. The fourth-order valence-electron chi connectivity index (χ4n) is 2.53. The molecule has 0 bridgehead atoms. The van der Waals surface area contributed by atoms with E-state index >= 15 is 0 Å². The molecule has 0 aliphatic rings. The number of rotatable bonds is 5. The summed E-state index contributed by atoms with van der Waals surface area (Å²) in [6.07, 6.45) is 5.35. The molecule has 0 aliphatic carbocycles. The number of para-hydroxylation sites is 1. The Kier molecular flexibility index (Phi) is 4.17. The van der Waals surface area contributed by atoms with Crippen molar-refractivity contribution >= 4 is 34.2 Å². The number of benzene rings is 1. The van der Waals surface area contributed by atoms with Gasteiger partial charge in [-0.3, -0.25) is 0 Å². The van der Waals surface area contributed by atoms with Gasteiger partial charge in [0.15, 0.2) is 0 Å². The number of hydrogen-bond acceptors (Lipinski definition) is 2. The second-order valence-corrected chi connectivity index (χ2v) is 5.72. The van der Waals surface area contributed by atoms with Crippen LogP contribution in [0.1, 0.15) is 11.6 Å². The molecule has 21 heavy (non-hydrogen) atoms. The molecule has 3 rings (SSSR count). The van der Waals surface area contributed by atoms with Crippen molar-refractivity contribution in [3.8, 4) is 0 Å². The first kappa shape index (κ1) is 14.4. The molecule has 6 heteroatoms. The van der Waals surface area contributed by atoms with Gasteiger partial charge in [0.2, 0.25) is 0 Å². The summed E-state index contributed by atoms with van der Waals surface area (Å²) in [5, 5.41) is 0.680. The minimum Gasteiger partial charge on any atom is -0.338 e. The Morgan fingerprint density at radius 2 is 2.05 bits per heavy atom. The summed E-state index contributed by atoms with van der Waals surface area (Å²) in [5.74, 6) is 2.57. The highest BCUT2D eigenvalue weighted by Crippen LogP contribution is 2.24. The van der Waals surface area contributed by atoms with Crippen LogP contribution in [0.2, 0.25) is 5.02 Å². The molecule has 3 aromatic rings. The van der Waals surface area contributed by atoms with Crippen LogP contribution in [0.25, 0.3) is 11.0 Å². The second kappa shape index (κ2) is 6.08. The first-order chi connectivity index (χ1) is 10.2. The molecule has 4 nitrogen and oxygen atoms in total. The fourth-order valence-corrected chi connectivity index (χ4v) is 2.92. The molecule has 0 amide bonds. The van der Waals surface area contributed by atoms with Crippen LogP contribution in [0.4, 0.5) is 0 Å². The van der Waals surface area contributed by atoms with Crippen LogP contribution in [0.5, 0.6) is 0 Å². The predicted molar refractivity (Wildman–Crippen MR) is 86.1 cm³/mol. The maximum atomic E-state index is 6.24. The third-order valence-electron chi connectivity index (χ3n) is 3.61. The zero-order valence-electron chi connectivity index (χ0n) is 11.8. The average molecular weight is 323 g/mol. The van der Waals surface area contributed by atoms with E-state index in [9.17, 15) is 0 Å². The van der Waals surface area contributed by atoms with Gasteiger partial charge < -0.3 is 9.13 Å². The van der Waals surface area contributed by atoms with Crippen LogP contribution < -0.4 is 0 Å². The van der Waals surface area contributed by atoms with Crippen molar-refractivity contribution in [3.63, 3.8) is 0 Å². The number of alkyl halides is 1. The lowest BCUT2D eigenvalue weighted by molar-refractivity contribution is 0.638. The van der Waals surface area contributed by atoms with Gasteiger partial charge in [-0.25, -0.2) is 9.97 Å². The van der Waals surface area contributed by atoms with Gasteiger partial charge >= 0.3 is 0 Å². The largest absolute Gasteiger partial charge is 0.338 e. The SMILES string of the molecule is Cn1ccnc1CCn1c(CCCl)nc2c(Cl)cccc21. The molecule has 0 saturated heterocycles. The van der Waals surface area contributed by atoms with Crippen LogP contribution in [0, 0.1) is 0 Å². The Bertz CT molecular complexity index is 760. The summed E-state index contributed by atoms with van der Waals surface area (Å²) in [7, 11) is 2.00. The van der Waals surface area contributed by atoms with Crippen molar-refractivity contribution in [1.29, 1.82) is 0 Å². The van der Waals surface area contributed by atoms with E-state index in [0.29, 0.717) is 10.9 Å². The van der Waals surface area contributed by atoms with Gasteiger partial charge in [-0.15, -0.1) is 11.6 Å². The molecule has 2 aromatic heterocycles. The lowest BCUT2D eigenvalue weighted by Crippen LogP contribution is -2.09. The molecule has 0 unspecified atom stereocenters. The van der Waals surface area contributed by atoms with E-state index in [0.717, 1.165) is 42.1 Å². The molecule has 0 atom stereocenters. The normalized spacial score (nSPS) is 11.4. The topological polar surface area (TPSA) is 35.6 Å². The molecule has 1 aromatic carbocycles. The van der Waals surface area contributed by atoms with Gasteiger partial charge in [-0.05, 0) is 12.1 Å². The molecule has 0 fully saturated rings. The number of imidazole rings is 2. The molecule has 0 saturated carbocycles. The Morgan fingerprint density at radius 1 is 1.19 bits per heavy atom. The maximum absolute atomic E-state index is 6.24. The highest BCUT2D eigenvalue weighted by Gasteiger charge is 2.13. The van der Waals surface area contributed by atoms with Gasteiger partial charge in [0.05, 0.1) is 10.5 Å². The zero-order chi connectivity index (χ0) is 14.8. The predicted octanol–water partition coefficient (Wildman–Crippen LogP) is 3.45. The van der Waals surface area contributed by atoms with E-state index in [1.54, 1.807) is 0 Å². The number of fused-ring (bicyclic) bond motifs is 1. The Hall–Kier alpha value is -1.52. The highest BCUT2D eigenvalue weighted by atomic mass is 35.5. The van der Waals surface area contributed by atoms with Crippen LogP contribution >= 0.6 is 23.2 Å². The third-order valence-corrected chi connectivity index (χ3v) is 4.10. The Morgan fingerprint density at radius 3 is 2.76 bits per heavy atom. The van der Waals surface area contributed by atoms with E-state index in [1.165, 1.54) is 0 Å². The summed E-state index contributed by atoms with van der Waals surface area (Å²) >= 11 is 12.1. The van der Waals surface area contributed by atoms with E-state index < -0.39 is 0 Å². The van der Waals surface area contributed by atoms with E-state index in [2.05, 4.69) is 14.5 Å². The van der Waals surface area contributed by atoms with Crippen LogP contribution in [-0.2, 0) is 26.4 Å². The van der Waals surface area contributed by atoms with Gasteiger partial charge in [-0.2, -0.15) is 0 Å². The number of aryl methyl sites for hydroxylation is 4. The standard InChI is InChI=1S/C15H16Cl2N4/c1-20-10-8-18-13(20)6-9-21-12-4-2-3-11(17)15(12)19-14(21)5-7-16/h2-4,8,10H,5-7,9H2,1H3. The molecule has 110 valence electrons. The molecule has 2 heterocycles. The van der Waals surface area contributed by atoms with Crippen LogP contribution in [0.15, 0.2) is 30.6 Å². The molecule has 0 spiro atoms. The molecule has 0 aliphatic heterocycles. The van der Waals surface area contributed by atoms with Gasteiger partial charge in [0.25, 0.3) is 0 Å². The summed E-state index contributed by atoms with van der Waals surface area (Å²) in [5.41, 5.74) is 1.90. The maximum Gasteiger partial charge on any atom is 0.111 e. The second-order valence-electron chi connectivity index (χ2n) is 4.93. The van der Waals surface area contributed by atoms with Crippen molar-refractivity contribution in [2.75, 3.05) is 5.88 Å². The van der Waals surface area contributed by atoms with E-state index in [1.807, 2.05) is 42.2 Å². The van der Waals surface area contributed by atoms with Crippen molar-refractivity contribution < 1.29 is 0 Å². The first-order valence-electron chi connectivity index (χ1n) is 6.86. The van der Waals surface area contributed by atoms with E-state index in [-0.39, 0.29) is 0 Å². The zero-order valence-corrected chi connectivity index (χ0v) is 13.3.